The van der Waals surface area contributed by atoms with Gasteiger partial charge in [0.15, 0.2) is 0 Å². The molecule has 2 rings (SSSR count). The second-order valence-electron chi connectivity index (χ2n) is 6.77. The number of urea groups is 1. The van der Waals surface area contributed by atoms with Gasteiger partial charge in [0.2, 0.25) is 0 Å². The summed E-state index contributed by atoms with van der Waals surface area (Å²) in [7, 11) is 0. The van der Waals surface area contributed by atoms with E-state index in [1.54, 1.807) is 0 Å². The van der Waals surface area contributed by atoms with E-state index in [9.17, 15) is 9.59 Å². The quantitative estimate of drug-likeness (QED) is 0.819. The fourth-order valence-corrected chi connectivity index (χ4v) is 3.59. The average Bonchev–Trinajstić information content (AvgIpc) is 2.97. The Morgan fingerprint density at radius 1 is 1.10 bits per heavy atom. The lowest BCUT2D eigenvalue weighted by Crippen LogP contribution is -2.48. The fraction of sp³-hybridized carbons (Fsp3) is 0.875. The van der Waals surface area contributed by atoms with E-state index in [0.29, 0.717) is 12.5 Å². The van der Waals surface area contributed by atoms with Crippen molar-refractivity contribution in [3.63, 3.8) is 0 Å². The molecule has 2 N–H and O–H groups in total. The number of rotatable bonds is 5. The van der Waals surface area contributed by atoms with Gasteiger partial charge in [-0.3, -0.25) is 4.79 Å². The molecule has 0 heterocycles. The van der Waals surface area contributed by atoms with E-state index < -0.39 is 5.97 Å². The minimum atomic E-state index is -0.927. The van der Waals surface area contributed by atoms with Crippen molar-refractivity contribution in [2.24, 2.45) is 11.8 Å². The third-order valence-corrected chi connectivity index (χ3v) is 5.01. The molecule has 0 unspecified atom stereocenters. The third kappa shape index (κ3) is 4.90. The molecule has 2 aliphatic carbocycles. The first-order valence-electron chi connectivity index (χ1n) is 8.32. The molecule has 0 radical (unpaired) electrons. The van der Waals surface area contributed by atoms with Crippen LogP contribution in [0.25, 0.3) is 0 Å². The fourth-order valence-electron chi connectivity index (χ4n) is 3.59. The monoisotopic (exact) mass is 296 g/mol. The van der Waals surface area contributed by atoms with E-state index in [1.165, 1.54) is 30.6 Å². The van der Waals surface area contributed by atoms with Crippen molar-refractivity contribution in [3.05, 3.63) is 0 Å². The first kappa shape index (κ1) is 16.1. The normalized spacial score (nSPS) is 26.5. The third-order valence-electron chi connectivity index (χ3n) is 5.01. The lowest BCUT2D eigenvalue weighted by atomic mass is 9.83. The van der Waals surface area contributed by atoms with Crippen molar-refractivity contribution in [1.29, 1.82) is 0 Å². The van der Waals surface area contributed by atoms with Gasteiger partial charge in [-0.2, -0.15) is 0 Å². The highest BCUT2D eigenvalue weighted by molar-refractivity contribution is 5.80. The van der Waals surface area contributed by atoms with Crippen LogP contribution in [0.4, 0.5) is 4.79 Å². The molecule has 0 atom stereocenters. The van der Waals surface area contributed by atoms with Gasteiger partial charge in [-0.05, 0) is 37.5 Å². The maximum absolute atomic E-state index is 12.3. The lowest BCUT2D eigenvalue weighted by molar-refractivity contribution is -0.138. The van der Waals surface area contributed by atoms with E-state index in [0.717, 1.165) is 31.6 Å². The summed E-state index contributed by atoms with van der Waals surface area (Å²) in [6.07, 6.45) is 8.87. The smallest absolute Gasteiger partial charge is 0.323 e. The molecule has 0 aromatic rings. The van der Waals surface area contributed by atoms with Crippen LogP contribution in [0.5, 0.6) is 0 Å². The highest BCUT2D eigenvalue weighted by Gasteiger charge is 2.29. The van der Waals surface area contributed by atoms with Gasteiger partial charge in [0, 0.05) is 12.6 Å². The van der Waals surface area contributed by atoms with Gasteiger partial charge in [0.05, 0.1) is 0 Å². The number of amides is 2. The molecule has 0 aromatic carbocycles. The summed E-state index contributed by atoms with van der Waals surface area (Å²) in [5, 5.41) is 12.0. The van der Waals surface area contributed by atoms with Gasteiger partial charge in [-0.15, -0.1) is 0 Å². The Balaban J connectivity index is 1.81. The minimum Gasteiger partial charge on any atom is -0.480 e. The molecule has 0 aliphatic heterocycles. The topological polar surface area (TPSA) is 69.6 Å². The van der Waals surface area contributed by atoms with Gasteiger partial charge >= 0.3 is 12.0 Å². The molecular formula is C16H28N2O3. The summed E-state index contributed by atoms with van der Waals surface area (Å²) in [4.78, 5) is 24.8. The summed E-state index contributed by atoms with van der Waals surface area (Å²) in [6.45, 7) is 2.79. The van der Waals surface area contributed by atoms with Crippen LogP contribution in [-0.4, -0.2) is 41.1 Å². The maximum Gasteiger partial charge on any atom is 0.323 e. The van der Waals surface area contributed by atoms with Gasteiger partial charge in [0.1, 0.15) is 6.54 Å². The standard InChI is InChI=1S/C16H28N2O3/c1-12-6-8-13(9-7-12)10-17-16(21)18(11-15(19)20)14-4-2-3-5-14/h12-14H,2-11H2,1H3,(H,17,21)(H,19,20). The molecular weight excluding hydrogens is 268 g/mol. The van der Waals surface area contributed by atoms with E-state index >= 15 is 0 Å². The molecule has 2 fully saturated rings. The maximum atomic E-state index is 12.3. The number of carboxylic acid groups (broad SMARTS) is 1. The number of carbonyl (C=O) groups is 2. The predicted molar refractivity (Wildman–Crippen MR) is 81.1 cm³/mol. The molecule has 0 aromatic heterocycles. The second kappa shape index (κ2) is 7.66. The van der Waals surface area contributed by atoms with E-state index in [4.69, 9.17) is 5.11 Å². The molecule has 2 amide bonds. The van der Waals surface area contributed by atoms with Crippen LogP contribution >= 0.6 is 0 Å². The predicted octanol–water partition coefficient (Wildman–Crippen LogP) is 2.85. The molecule has 0 spiro atoms. The van der Waals surface area contributed by atoms with Crippen LogP contribution in [0.1, 0.15) is 58.3 Å². The highest BCUT2D eigenvalue weighted by atomic mass is 16.4. The van der Waals surface area contributed by atoms with Crippen LogP contribution in [0.2, 0.25) is 0 Å². The molecule has 2 aliphatic rings. The van der Waals surface area contributed by atoms with Crippen molar-refractivity contribution in [2.45, 2.75) is 64.3 Å². The number of carboxylic acids is 1. The molecule has 5 nitrogen and oxygen atoms in total. The van der Waals surface area contributed by atoms with E-state index in [1.807, 2.05) is 0 Å². The number of hydrogen-bond acceptors (Lipinski definition) is 2. The summed E-state index contributed by atoms with van der Waals surface area (Å²) in [6, 6.07) is -0.0876. The van der Waals surface area contributed by atoms with Gasteiger partial charge in [-0.1, -0.05) is 32.6 Å². The minimum absolute atomic E-state index is 0.104. The summed E-state index contributed by atoms with van der Waals surface area (Å²) >= 11 is 0. The zero-order valence-corrected chi connectivity index (χ0v) is 13.0. The van der Waals surface area contributed by atoms with Crippen LogP contribution in [0.3, 0.4) is 0 Å². The first-order valence-corrected chi connectivity index (χ1v) is 8.32. The molecule has 120 valence electrons. The highest BCUT2D eigenvalue weighted by Crippen LogP contribution is 2.28. The molecule has 2 saturated carbocycles. The van der Waals surface area contributed by atoms with E-state index in [-0.39, 0.29) is 18.6 Å². The lowest BCUT2D eigenvalue weighted by Gasteiger charge is -2.30. The number of hydrogen-bond donors (Lipinski definition) is 2. The van der Waals surface area contributed by atoms with Crippen molar-refractivity contribution < 1.29 is 14.7 Å². The zero-order valence-electron chi connectivity index (χ0n) is 13.0. The van der Waals surface area contributed by atoms with Crippen molar-refractivity contribution in [3.8, 4) is 0 Å². The van der Waals surface area contributed by atoms with E-state index in [2.05, 4.69) is 12.2 Å². The van der Waals surface area contributed by atoms with Gasteiger partial charge in [0.25, 0.3) is 0 Å². The number of carbonyl (C=O) groups excluding carboxylic acids is 1. The van der Waals surface area contributed by atoms with Crippen LogP contribution in [-0.2, 0) is 4.79 Å². The Bertz CT molecular complexity index is 359. The Hall–Kier alpha value is -1.26. The van der Waals surface area contributed by atoms with Crippen LogP contribution < -0.4 is 5.32 Å². The number of nitrogens with one attached hydrogen (secondary N) is 1. The molecule has 21 heavy (non-hydrogen) atoms. The first-order chi connectivity index (χ1) is 10.1. The Morgan fingerprint density at radius 3 is 2.29 bits per heavy atom. The van der Waals surface area contributed by atoms with Crippen LogP contribution in [0, 0.1) is 11.8 Å². The Morgan fingerprint density at radius 2 is 1.71 bits per heavy atom. The summed E-state index contributed by atoms with van der Waals surface area (Å²) in [5.41, 5.74) is 0. The largest absolute Gasteiger partial charge is 0.480 e. The molecule has 0 saturated heterocycles. The van der Waals surface area contributed by atoms with Gasteiger partial charge in [-0.25, -0.2) is 4.79 Å². The molecule has 0 bridgehead atoms. The molecule has 5 heteroatoms. The van der Waals surface area contributed by atoms with Crippen molar-refractivity contribution in [2.75, 3.05) is 13.1 Å². The Labute approximate surface area is 127 Å². The van der Waals surface area contributed by atoms with Crippen LogP contribution in [0.15, 0.2) is 0 Å². The SMILES string of the molecule is CC1CCC(CNC(=O)N(CC(=O)O)C2CCCC2)CC1. The summed E-state index contributed by atoms with van der Waals surface area (Å²) in [5.74, 6) is 0.433. The second-order valence-corrected chi connectivity index (χ2v) is 6.77. The van der Waals surface area contributed by atoms with Gasteiger partial charge < -0.3 is 15.3 Å². The van der Waals surface area contributed by atoms with Crippen molar-refractivity contribution in [1.82, 2.24) is 10.2 Å². The number of nitrogens with zero attached hydrogens (tertiary/aromatic N) is 1. The Kier molecular flexibility index (Phi) is 5.88. The average molecular weight is 296 g/mol. The number of aliphatic carboxylic acids is 1. The van der Waals surface area contributed by atoms with Crippen molar-refractivity contribution >= 4 is 12.0 Å². The zero-order chi connectivity index (χ0) is 15.2. The summed E-state index contributed by atoms with van der Waals surface area (Å²) < 4.78 is 0.